The van der Waals surface area contributed by atoms with Gasteiger partial charge in [-0.25, -0.2) is 9.59 Å². The molecule has 1 heterocycles. The van der Waals surface area contributed by atoms with Crippen molar-refractivity contribution < 1.29 is 14.3 Å². The van der Waals surface area contributed by atoms with Crippen molar-refractivity contribution in [2.24, 2.45) is 0 Å². The lowest BCUT2D eigenvalue weighted by Gasteiger charge is -2.08. The highest BCUT2D eigenvalue weighted by Gasteiger charge is 2.09. The SMILES string of the molecule is CCCCOC(=O)c1ccc(NC(=O)Cn2ccc(=O)[nH]c2=O)cc1. The largest absolute Gasteiger partial charge is 0.462 e. The minimum Gasteiger partial charge on any atom is -0.462 e. The average Bonchev–Trinajstić information content (AvgIpc) is 2.58. The van der Waals surface area contributed by atoms with E-state index in [1.54, 1.807) is 24.3 Å². The highest BCUT2D eigenvalue weighted by atomic mass is 16.5. The zero-order valence-corrected chi connectivity index (χ0v) is 13.8. The second-order valence-corrected chi connectivity index (χ2v) is 5.35. The Kier molecular flexibility index (Phi) is 6.27. The van der Waals surface area contributed by atoms with Crippen molar-refractivity contribution in [2.75, 3.05) is 11.9 Å². The molecule has 8 heteroatoms. The number of aromatic nitrogens is 2. The van der Waals surface area contributed by atoms with E-state index in [4.69, 9.17) is 4.74 Å². The van der Waals surface area contributed by atoms with Crippen molar-refractivity contribution in [3.8, 4) is 0 Å². The fraction of sp³-hybridized carbons (Fsp3) is 0.294. The number of nitrogens with one attached hydrogen (secondary N) is 2. The number of carbonyl (C=O) groups is 2. The topological polar surface area (TPSA) is 110 Å². The maximum atomic E-state index is 12.0. The Morgan fingerprint density at radius 3 is 2.52 bits per heavy atom. The molecule has 0 unspecified atom stereocenters. The van der Waals surface area contributed by atoms with Gasteiger partial charge in [-0.3, -0.25) is 19.1 Å². The summed E-state index contributed by atoms with van der Waals surface area (Å²) in [4.78, 5) is 48.3. The summed E-state index contributed by atoms with van der Waals surface area (Å²) in [6.45, 7) is 2.14. The maximum absolute atomic E-state index is 12.0. The van der Waals surface area contributed by atoms with E-state index >= 15 is 0 Å². The van der Waals surface area contributed by atoms with Crippen LogP contribution >= 0.6 is 0 Å². The summed E-state index contributed by atoms with van der Waals surface area (Å²) in [5.74, 6) is -0.849. The van der Waals surface area contributed by atoms with Crippen LogP contribution in [0, 0.1) is 0 Å². The molecule has 0 bridgehead atoms. The molecule has 0 spiro atoms. The van der Waals surface area contributed by atoms with Gasteiger partial charge in [-0.2, -0.15) is 0 Å². The fourth-order valence-electron chi connectivity index (χ4n) is 2.01. The molecule has 25 heavy (non-hydrogen) atoms. The highest BCUT2D eigenvalue weighted by Crippen LogP contribution is 2.11. The smallest absolute Gasteiger partial charge is 0.338 e. The van der Waals surface area contributed by atoms with Crippen LogP contribution in [-0.4, -0.2) is 28.0 Å². The first kappa shape index (κ1) is 18.2. The Bertz CT molecular complexity index is 852. The molecule has 0 saturated carbocycles. The molecular formula is C17H19N3O5. The second kappa shape index (κ2) is 8.62. The Balaban J connectivity index is 1.94. The zero-order valence-electron chi connectivity index (χ0n) is 13.8. The van der Waals surface area contributed by atoms with Crippen LogP contribution in [0.1, 0.15) is 30.1 Å². The monoisotopic (exact) mass is 345 g/mol. The number of hydrogen-bond acceptors (Lipinski definition) is 5. The van der Waals surface area contributed by atoms with E-state index in [2.05, 4.69) is 10.3 Å². The van der Waals surface area contributed by atoms with Gasteiger partial charge in [-0.15, -0.1) is 0 Å². The molecular weight excluding hydrogens is 326 g/mol. The quantitative estimate of drug-likeness (QED) is 0.577. The zero-order chi connectivity index (χ0) is 18.2. The Hall–Kier alpha value is -3.16. The molecule has 0 radical (unpaired) electrons. The number of benzene rings is 1. The van der Waals surface area contributed by atoms with Crippen LogP contribution in [-0.2, 0) is 16.1 Å². The summed E-state index contributed by atoms with van der Waals surface area (Å²) in [6, 6.07) is 7.41. The van der Waals surface area contributed by atoms with Crippen LogP contribution in [0.3, 0.4) is 0 Å². The van der Waals surface area contributed by atoms with E-state index < -0.39 is 23.1 Å². The van der Waals surface area contributed by atoms with Gasteiger partial charge in [0.1, 0.15) is 6.54 Å². The van der Waals surface area contributed by atoms with Crippen molar-refractivity contribution in [2.45, 2.75) is 26.3 Å². The van der Waals surface area contributed by atoms with E-state index in [0.29, 0.717) is 17.9 Å². The van der Waals surface area contributed by atoms with Crippen LogP contribution in [0.5, 0.6) is 0 Å². The van der Waals surface area contributed by atoms with E-state index in [-0.39, 0.29) is 6.54 Å². The van der Waals surface area contributed by atoms with Gasteiger partial charge in [0.15, 0.2) is 0 Å². The number of H-pyrrole nitrogens is 1. The molecule has 0 atom stereocenters. The van der Waals surface area contributed by atoms with Crippen LogP contribution < -0.4 is 16.6 Å². The van der Waals surface area contributed by atoms with Crippen molar-refractivity contribution >= 4 is 17.6 Å². The minimum atomic E-state index is -0.659. The Morgan fingerprint density at radius 1 is 1.16 bits per heavy atom. The lowest BCUT2D eigenvalue weighted by Crippen LogP contribution is -2.32. The predicted molar refractivity (Wildman–Crippen MR) is 91.6 cm³/mol. The number of hydrogen-bond donors (Lipinski definition) is 2. The number of carbonyl (C=O) groups excluding carboxylic acids is 2. The van der Waals surface area contributed by atoms with Crippen LogP contribution in [0.25, 0.3) is 0 Å². The summed E-state index contributed by atoms with van der Waals surface area (Å²) in [7, 11) is 0. The molecule has 2 aromatic rings. The van der Waals surface area contributed by atoms with E-state index in [9.17, 15) is 19.2 Å². The molecule has 0 aliphatic heterocycles. The van der Waals surface area contributed by atoms with Crippen LogP contribution in [0.2, 0.25) is 0 Å². The molecule has 0 aliphatic carbocycles. The summed E-state index contributed by atoms with van der Waals surface area (Å²) >= 11 is 0. The summed E-state index contributed by atoms with van der Waals surface area (Å²) in [6.07, 6.45) is 3.00. The number of nitrogens with zero attached hydrogens (tertiary/aromatic N) is 1. The van der Waals surface area contributed by atoms with Gasteiger partial charge in [-0.05, 0) is 30.7 Å². The van der Waals surface area contributed by atoms with Gasteiger partial charge in [0, 0.05) is 18.0 Å². The molecule has 1 amide bonds. The normalized spacial score (nSPS) is 10.3. The molecule has 0 fully saturated rings. The fourth-order valence-corrected chi connectivity index (χ4v) is 2.01. The van der Waals surface area contributed by atoms with Crippen molar-refractivity contribution in [3.05, 3.63) is 62.9 Å². The summed E-state index contributed by atoms with van der Waals surface area (Å²) < 4.78 is 6.18. The number of anilines is 1. The number of esters is 1. The first-order chi connectivity index (χ1) is 12.0. The third-order valence-electron chi connectivity index (χ3n) is 3.35. The lowest BCUT2D eigenvalue weighted by molar-refractivity contribution is -0.116. The van der Waals surface area contributed by atoms with E-state index in [0.717, 1.165) is 23.5 Å². The van der Waals surface area contributed by atoms with Crippen LogP contribution in [0.4, 0.5) is 5.69 Å². The molecule has 2 N–H and O–H groups in total. The van der Waals surface area contributed by atoms with Crippen molar-refractivity contribution in [3.63, 3.8) is 0 Å². The van der Waals surface area contributed by atoms with Gasteiger partial charge in [-0.1, -0.05) is 13.3 Å². The first-order valence-electron chi connectivity index (χ1n) is 7.86. The summed E-state index contributed by atoms with van der Waals surface area (Å²) in [5.41, 5.74) is -0.311. The van der Waals surface area contributed by atoms with Gasteiger partial charge in [0.05, 0.1) is 12.2 Å². The maximum Gasteiger partial charge on any atom is 0.338 e. The van der Waals surface area contributed by atoms with Gasteiger partial charge < -0.3 is 10.1 Å². The predicted octanol–water partition coefficient (Wildman–Crippen LogP) is 1.13. The number of ether oxygens (including phenoxy) is 1. The standard InChI is InChI=1S/C17H19N3O5/c1-2-3-10-25-16(23)12-4-6-13(7-5-12)18-15(22)11-20-9-8-14(21)19-17(20)24/h4-9H,2-3,10-11H2,1H3,(H,18,22)(H,19,21,24). The summed E-state index contributed by atoms with van der Waals surface area (Å²) in [5, 5.41) is 2.61. The molecule has 1 aromatic heterocycles. The van der Waals surface area contributed by atoms with E-state index in [1.807, 2.05) is 6.92 Å². The second-order valence-electron chi connectivity index (χ2n) is 5.35. The molecule has 0 aliphatic rings. The van der Waals surface area contributed by atoms with E-state index in [1.165, 1.54) is 6.20 Å². The number of amides is 1. The lowest BCUT2D eigenvalue weighted by atomic mass is 10.2. The molecule has 8 nitrogen and oxygen atoms in total. The average molecular weight is 345 g/mol. The Morgan fingerprint density at radius 2 is 1.88 bits per heavy atom. The minimum absolute atomic E-state index is 0.240. The van der Waals surface area contributed by atoms with Crippen molar-refractivity contribution in [1.82, 2.24) is 9.55 Å². The molecule has 132 valence electrons. The molecule has 0 saturated heterocycles. The third kappa shape index (κ3) is 5.45. The first-order valence-corrected chi connectivity index (χ1v) is 7.86. The van der Waals surface area contributed by atoms with Gasteiger partial charge >= 0.3 is 11.7 Å². The van der Waals surface area contributed by atoms with Crippen LogP contribution in [0.15, 0.2) is 46.1 Å². The molecule has 2 rings (SSSR count). The Labute approximate surface area is 143 Å². The number of aromatic amines is 1. The number of rotatable bonds is 7. The number of unbranched alkanes of at least 4 members (excludes halogenated alkanes) is 1. The third-order valence-corrected chi connectivity index (χ3v) is 3.35. The van der Waals surface area contributed by atoms with Crippen molar-refractivity contribution in [1.29, 1.82) is 0 Å². The van der Waals surface area contributed by atoms with Gasteiger partial charge in [0.2, 0.25) is 5.91 Å². The highest BCUT2D eigenvalue weighted by molar-refractivity contribution is 5.92. The van der Waals surface area contributed by atoms with Gasteiger partial charge in [0.25, 0.3) is 5.56 Å². The molecule has 1 aromatic carbocycles.